The summed E-state index contributed by atoms with van der Waals surface area (Å²) in [6.45, 7) is 4.37. The van der Waals surface area contributed by atoms with E-state index >= 15 is 0 Å². The minimum atomic E-state index is -4.50. The Morgan fingerprint density at radius 3 is 2.61 bits per heavy atom. The number of amides is 1. The molecule has 33 heavy (non-hydrogen) atoms. The first-order valence-corrected chi connectivity index (χ1v) is 11.3. The average Bonchev–Trinajstić information content (AvgIpc) is 3.21. The van der Waals surface area contributed by atoms with E-state index in [0.29, 0.717) is 29.8 Å². The van der Waals surface area contributed by atoms with Crippen molar-refractivity contribution in [2.24, 2.45) is 0 Å². The summed E-state index contributed by atoms with van der Waals surface area (Å²) < 4.78 is 46.5. The number of carbonyl (C=O) groups excluding carboxylic acids is 1. The number of ether oxygens (including phenoxy) is 1. The van der Waals surface area contributed by atoms with E-state index in [2.05, 4.69) is 20.9 Å². The molecular formula is C22H22F3N5O2S. The molecule has 0 fully saturated rings. The van der Waals surface area contributed by atoms with Crippen molar-refractivity contribution < 1.29 is 22.7 Å². The van der Waals surface area contributed by atoms with Crippen molar-refractivity contribution in [1.82, 2.24) is 14.9 Å². The maximum atomic E-state index is 13.2. The van der Waals surface area contributed by atoms with Gasteiger partial charge >= 0.3 is 6.18 Å². The summed E-state index contributed by atoms with van der Waals surface area (Å²) in [6.07, 6.45) is -3.86. The zero-order valence-corrected chi connectivity index (χ0v) is 18.7. The SMILES string of the molecule is CCOc1ccc([C@@H]2Nn3c(CC)nnc3S[C@H]2C(=O)Nc2cccc(C(F)(F)F)c2)cc1. The van der Waals surface area contributed by atoms with Crippen LogP contribution < -0.4 is 15.5 Å². The van der Waals surface area contributed by atoms with Gasteiger partial charge in [0.15, 0.2) is 5.82 Å². The lowest BCUT2D eigenvalue weighted by atomic mass is 10.0. The molecule has 0 unspecified atom stereocenters. The first-order valence-electron chi connectivity index (χ1n) is 10.4. The molecule has 2 atom stereocenters. The Morgan fingerprint density at radius 2 is 1.94 bits per heavy atom. The highest BCUT2D eigenvalue weighted by atomic mass is 32.2. The Bertz CT molecular complexity index is 1130. The molecule has 0 radical (unpaired) electrons. The number of alkyl halides is 3. The Hall–Kier alpha value is -3.21. The summed E-state index contributed by atoms with van der Waals surface area (Å²) in [6, 6.07) is 11.4. The monoisotopic (exact) mass is 477 g/mol. The highest BCUT2D eigenvalue weighted by molar-refractivity contribution is 8.00. The minimum Gasteiger partial charge on any atom is -0.494 e. The number of benzene rings is 2. The maximum absolute atomic E-state index is 13.2. The third-order valence-electron chi connectivity index (χ3n) is 5.09. The van der Waals surface area contributed by atoms with E-state index in [1.54, 1.807) is 4.68 Å². The second kappa shape index (κ2) is 9.34. The standard InChI is InChI=1S/C22H22F3N5O2S/c1-3-17-27-28-21-30(17)29-18(13-8-10-16(11-9-13)32-4-2)19(33-21)20(31)26-15-7-5-6-14(12-15)22(23,24)25/h5-12,18-19,29H,3-4H2,1-2H3,(H,26,31)/t18-,19+/m0/s1. The van der Waals surface area contributed by atoms with Crippen LogP contribution in [0.4, 0.5) is 18.9 Å². The molecule has 1 aliphatic heterocycles. The average molecular weight is 478 g/mol. The molecule has 11 heteroatoms. The van der Waals surface area contributed by atoms with Crippen molar-refractivity contribution in [3.63, 3.8) is 0 Å². The third-order valence-corrected chi connectivity index (χ3v) is 6.30. The minimum absolute atomic E-state index is 0.0714. The van der Waals surface area contributed by atoms with Gasteiger partial charge in [0.05, 0.1) is 18.2 Å². The van der Waals surface area contributed by atoms with E-state index in [1.807, 2.05) is 38.1 Å². The molecule has 1 aromatic heterocycles. The number of hydrogen-bond donors (Lipinski definition) is 2. The smallest absolute Gasteiger partial charge is 0.416 e. The zero-order chi connectivity index (χ0) is 23.6. The van der Waals surface area contributed by atoms with Gasteiger partial charge in [-0.05, 0) is 42.8 Å². The summed E-state index contributed by atoms with van der Waals surface area (Å²) in [4.78, 5) is 13.2. The van der Waals surface area contributed by atoms with Crippen LogP contribution in [-0.2, 0) is 17.4 Å². The number of thioether (sulfide) groups is 1. The van der Waals surface area contributed by atoms with E-state index in [4.69, 9.17) is 4.74 Å². The second-order valence-electron chi connectivity index (χ2n) is 7.30. The van der Waals surface area contributed by atoms with E-state index in [-0.39, 0.29) is 5.69 Å². The summed E-state index contributed by atoms with van der Waals surface area (Å²) in [7, 11) is 0. The fourth-order valence-corrected chi connectivity index (χ4v) is 4.60. The van der Waals surface area contributed by atoms with Gasteiger partial charge in [0.1, 0.15) is 11.0 Å². The van der Waals surface area contributed by atoms with E-state index in [1.165, 1.54) is 23.9 Å². The van der Waals surface area contributed by atoms with Gasteiger partial charge in [-0.2, -0.15) is 13.2 Å². The number of nitrogens with one attached hydrogen (secondary N) is 2. The molecule has 1 amide bonds. The quantitative estimate of drug-likeness (QED) is 0.538. The van der Waals surface area contributed by atoms with Gasteiger partial charge in [0.25, 0.3) is 0 Å². The molecule has 3 aromatic rings. The molecule has 0 saturated heterocycles. The highest BCUT2D eigenvalue weighted by Crippen LogP contribution is 2.38. The lowest BCUT2D eigenvalue weighted by Gasteiger charge is -2.33. The number of rotatable bonds is 6. The first kappa shape index (κ1) is 23.0. The topological polar surface area (TPSA) is 81.1 Å². The molecule has 0 aliphatic carbocycles. The molecule has 0 saturated carbocycles. The van der Waals surface area contributed by atoms with Crippen LogP contribution in [0, 0.1) is 0 Å². The second-order valence-corrected chi connectivity index (χ2v) is 8.41. The Labute approximate surface area is 192 Å². The Balaban J connectivity index is 1.64. The number of carbonyl (C=O) groups is 1. The maximum Gasteiger partial charge on any atom is 0.416 e. The van der Waals surface area contributed by atoms with Crippen LogP contribution in [0.1, 0.15) is 36.8 Å². The predicted octanol–water partition coefficient (Wildman–Crippen LogP) is 4.66. The summed E-state index contributed by atoms with van der Waals surface area (Å²) >= 11 is 1.21. The number of hydrogen-bond acceptors (Lipinski definition) is 6. The Morgan fingerprint density at radius 1 is 1.18 bits per heavy atom. The van der Waals surface area contributed by atoms with Gasteiger partial charge in [-0.1, -0.05) is 36.9 Å². The number of fused-ring (bicyclic) bond motifs is 1. The number of anilines is 1. The molecule has 0 bridgehead atoms. The van der Waals surface area contributed by atoms with Crippen molar-refractivity contribution in [1.29, 1.82) is 0 Å². The van der Waals surface area contributed by atoms with Crippen LogP contribution >= 0.6 is 11.8 Å². The van der Waals surface area contributed by atoms with Gasteiger partial charge in [0.2, 0.25) is 11.1 Å². The lowest BCUT2D eigenvalue weighted by molar-refractivity contribution is -0.137. The first-order chi connectivity index (χ1) is 15.8. The number of nitrogens with zero attached hydrogens (tertiary/aromatic N) is 3. The highest BCUT2D eigenvalue weighted by Gasteiger charge is 2.38. The Kier molecular flexibility index (Phi) is 6.50. The van der Waals surface area contributed by atoms with Crippen molar-refractivity contribution in [2.45, 2.75) is 42.9 Å². The van der Waals surface area contributed by atoms with E-state index in [0.717, 1.165) is 17.7 Å². The van der Waals surface area contributed by atoms with Crippen LogP contribution in [0.2, 0.25) is 0 Å². The van der Waals surface area contributed by atoms with Crippen LogP contribution in [0.5, 0.6) is 5.75 Å². The summed E-state index contributed by atoms with van der Waals surface area (Å²) in [5, 5.41) is 10.7. The van der Waals surface area contributed by atoms with E-state index in [9.17, 15) is 18.0 Å². The normalized spacial score (nSPS) is 17.7. The van der Waals surface area contributed by atoms with Gasteiger partial charge in [-0.25, -0.2) is 4.68 Å². The van der Waals surface area contributed by atoms with E-state index < -0.39 is 28.9 Å². The van der Waals surface area contributed by atoms with Crippen molar-refractivity contribution in [3.05, 3.63) is 65.5 Å². The number of aryl methyl sites for hydroxylation is 1. The summed E-state index contributed by atoms with van der Waals surface area (Å²) in [5.74, 6) is 0.970. The molecule has 1 aliphatic rings. The fourth-order valence-electron chi connectivity index (χ4n) is 3.50. The van der Waals surface area contributed by atoms with Crippen LogP contribution in [0.25, 0.3) is 0 Å². The van der Waals surface area contributed by atoms with Crippen LogP contribution in [-0.4, -0.2) is 32.6 Å². The van der Waals surface area contributed by atoms with Gasteiger partial charge in [-0.15, -0.1) is 10.2 Å². The van der Waals surface area contributed by atoms with Crippen molar-refractivity contribution in [2.75, 3.05) is 17.3 Å². The molecule has 0 spiro atoms. The van der Waals surface area contributed by atoms with Crippen LogP contribution in [0.3, 0.4) is 0 Å². The molecular weight excluding hydrogens is 455 g/mol. The molecule has 2 N–H and O–H groups in total. The van der Waals surface area contributed by atoms with Gasteiger partial charge in [-0.3, -0.25) is 4.79 Å². The van der Waals surface area contributed by atoms with Gasteiger partial charge in [0, 0.05) is 12.1 Å². The zero-order valence-electron chi connectivity index (χ0n) is 17.9. The molecule has 7 nitrogen and oxygen atoms in total. The van der Waals surface area contributed by atoms with Crippen LogP contribution in [0.15, 0.2) is 53.7 Å². The predicted molar refractivity (Wildman–Crippen MR) is 119 cm³/mol. The largest absolute Gasteiger partial charge is 0.494 e. The summed E-state index contributed by atoms with van der Waals surface area (Å²) in [5.41, 5.74) is 3.36. The van der Waals surface area contributed by atoms with Crippen molar-refractivity contribution in [3.8, 4) is 5.75 Å². The lowest BCUT2D eigenvalue weighted by Crippen LogP contribution is -2.41. The third kappa shape index (κ3) is 4.92. The number of halogens is 3. The fraction of sp³-hybridized carbons (Fsp3) is 0.318. The van der Waals surface area contributed by atoms with Gasteiger partial charge < -0.3 is 15.5 Å². The molecule has 4 rings (SSSR count). The molecule has 2 heterocycles. The molecule has 2 aromatic carbocycles. The molecule has 174 valence electrons. The number of aromatic nitrogens is 3. The van der Waals surface area contributed by atoms with Crippen molar-refractivity contribution >= 4 is 23.4 Å².